The van der Waals surface area contributed by atoms with Gasteiger partial charge in [0.1, 0.15) is 5.82 Å². The Hall–Kier alpha value is -3.02. The Balaban J connectivity index is 1.97. The number of pyridine rings is 1. The molecule has 0 saturated heterocycles. The maximum atomic E-state index is 15.0. The summed E-state index contributed by atoms with van der Waals surface area (Å²) in [5.41, 5.74) is 3.09. The number of anilines is 3. The molecule has 3 aromatic rings. The minimum absolute atomic E-state index is 0.240. The third-order valence-corrected chi connectivity index (χ3v) is 6.57. The minimum atomic E-state index is -4.31. The molecule has 0 aliphatic heterocycles. The molecule has 0 aliphatic rings. The fraction of sp³-hybridized carbons (Fsp3) is 0.182. The van der Waals surface area contributed by atoms with Crippen molar-refractivity contribution in [1.82, 2.24) is 9.71 Å². The van der Waals surface area contributed by atoms with Crippen LogP contribution in [-0.2, 0) is 16.6 Å². The van der Waals surface area contributed by atoms with Gasteiger partial charge in [-0.05, 0) is 71.0 Å². The number of primary amides is 1. The first-order chi connectivity index (χ1) is 17.3. The normalized spacial score (nSPS) is 12.3. The van der Waals surface area contributed by atoms with Gasteiger partial charge in [-0.15, -0.1) is 0 Å². The molecule has 6 N–H and O–H groups in total. The Morgan fingerprint density at radius 2 is 1.81 bits per heavy atom. The van der Waals surface area contributed by atoms with E-state index in [1.54, 1.807) is 0 Å². The number of nitrogens with two attached hydrogens (primary N) is 1. The molecule has 0 fully saturated rings. The van der Waals surface area contributed by atoms with Crippen molar-refractivity contribution in [1.29, 1.82) is 0 Å². The summed E-state index contributed by atoms with van der Waals surface area (Å²) in [6.07, 6.45) is -0.604. The Morgan fingerprint density at radius 1 is 1.11 bits per heavy atom. The van der Waals surface area contributed by atoms with E-state index in [0.717, 1.165) is 24.4 Å². The first-order valence-electron chi connectivity index (χ1n) is 10.4. The van der Waals surface area contributed by atoms with Crippen molar-refractivity contribution in [2.24, 2.45) is 5.73 Å². The van der Waals surface area contributed by atoms with Gasteiger partial charge in [0, 0.05) is 22.7 Å². The number of amides is 1. The number of benzene rings is 2. The Bertz CT molecular complexity index is 1460. The molecule has 0 aliphatic carbocycles. The zero-order chi connectivity index (χ0) is 27.5. The van der Waals surface area contributed by atoms with Crippen molar-refractivity contribution in [2.75, 3.05) is 16.6 Å². The zero-order valence-electron chi connectivity index (χ0n) is 19.0. The number of carbonyl (C=O) groups excluding carboxylic acids is 1. The quantitative estimate of drug-likeness (QED) is 0.168. The lowest BCUT2D eigenvalue weighted by atomic mass is 10.00. The third-order valence-electron chi connectivity index (χ3n) is 4.89. The summed E-state index contributed by atoms with van der Waals surface area (Å²) in [5, 5.41) is 11.6. The SMILES string of the molecule is C[C@@H](O)CNS(=O)(=O)Nc1nccc(Cc2cc(C(N)=O)c(Nc3ccc(I)cc3F)c(F)c2F)c1F. The minimum Gasteiger partial charge on any atom is -0.392 e. The van der Waals surface area contributed by atoms with E-state index >= 15 is 4.39 Å². The van der Waals surface area contributed by atoms with Crippen molar-refractivity contribution >= 4 is 55.9 Å². The van der Waals surface area contributed by atoms with Gasteiger partial charge < -0.3 is 16.2 Å². The van der Waals surface area contributed by atoms with Gasteiger partial charge in [-0.25, -0.2) is 22.5 Å². The van der Waals surface area contributed by atoms with Crippen LogP contribution in [0.1, 0.15) is 28.4 Å². The predicted octanol–water partition coefficient (Wildman–Crippen LogP) is 3.30. The number of hydrogen-bond acceptors (Lipinski definition) is 6. The number of nitrogens with zero attached hydrogens (tertiary/aromatic N) is 1. The van der Waals surface area contributed by atoms with Crippen LogP contribution in [0, 0.1) is 26.8 Å². The van der Waals surface area contributed by atoms with Crippen molar-refractivity contribution in [3.8, 4) is 0 Å². The lowest BCUT2D eigenvalue weighted by Crippen LogP contribution is -2.35. The van der Waals surface area contributed by atoms with Crippen molar-refractivity contribution < 1.29 is 35.9 Å². The molecular weight excluding hydrogens is 633 g/mol. The van der Waals surface area contributed by atoms with Crippen LogP contribution in [0.3, 0.4) is 0 Å². The molecule has 1 amide bonds. The second-order valence-corrected chi connectivity index (χ2v) is 10.6. The molecule has 2 aromatic carbocycles. The molecule has 9 nitrogen and oxygen atoms in total. The Kier molecular flexibility index (Phi) is 8.93. The standard InChI is InChI=1S/C22H20F4IN5O4S/c1-10(33)9-30-37(35,36)32-22-18(25)11(4-5-29-22)6-12-7-14(21(28)34)20(19(26)17(12)24)31-16-3-2-13(27)8-15(16)23/h2-5,7-8,10,30-31,33H,6,9H2,1H3,(H2,28,34)(H,29,32)/t10-/m1/s1. The molecule has 0 unspecified atom stereocenters. The first kappa shape index (κ1) is 28.5. The number of nitrogens with one attached hydrogen (secondary N) is 3. The van der Waals surface area contributed by atoms with Crippen LogP contribution < -0.4 is 20.5 Å². The average molecular weight is 653 g/mol. The number of aromatic nitrogens is 1. The Morgan fingerprint density at radius 3 is 2.43 bits per heavy atom. The average Bonchev–Trinajstić information content (AvgIpc) is 2.81. The molecule has 0 saturated carbocycles. The lowest BCUT2D eigenvalue weighted by molar-refractivity contribution is 0.100. The molecule has 1 heterocycles. The van der Waals surface area contributed by atoms with Crippen LogP contribution in [0.5, 0.6) is 0 Å². The van der Waals surface area contributed by atoms with Crippen LogP contribution in [-0.4, -0.2) is 37.1 Å². The zero-order valence-corrected chi connectivity index (χ0v) is 21.9. The highest BCUT2D eigenvalue weighted by Gasteiger charge is 2.24. The summed E-state index contributed by atoms with van der Waals surface area (Å²) in [7, 11) is -4.31. The van der Waals surface area contributed by atoms with Crippen LogP contribution in [0.15, 0.2) is 36.5 Å². The van der Waals surface area contributed by atoms with Gasteiger partial charge in [0.25, 0.3) is 16.1 Å². The fourth-order valence-electron chi connectivity index (χ4n) is 3.14. The number of hydrogen-bond donors (Lipinski definition) is 5. The number of carbonyl (C=O) groups is 1. The van der Waals surface area contributed by atoms with Crippen LogP contribution >= 0.6 is 22.6 Å². The van der Waals surface area contributed by atoms with Crippen molar-refractivity contribution in [3.63, 3.8) is 0 Å². The second kappa shape index (κ2) is 11.6. The summed E-state index contributed by atoms with van der Waals surface area (Å²) in [6.45, 7) is 0.970. The maximum absolute atomic E-state index is 15.0. The summed E-state index contributed by atoms with van der Waals surface area (Å²) in [4.78, 5) is 15.6. The van der Waals surface area contributed by atoms with Crippen LogP contribution in [0.25, 0.3) is 0 Å². The lowest BCUT2D eigenvalue weighted by Gasteiger charge is -2.16. The van der Waals surface area contributed by atoms with E-state index in [1.165, 1.54) is 19.1 Å². The number of aliphatic hydroxyl groups excluding tert-OH is 1. The summed E-state index contributed by atoms with van der Waals surface area (Å²) >= 11 is 1.85. The molecule has 1 atom stereocenters. The van der Waals surface area contributed by atoms with E-state index in [9.17, 15) is 31.5 Å². The smallest absolute Gasteiger partial charge is 0.300 e. The number of aliphatic hydroxyl groups is 1. The first-order valence-corrected chi connectivity index (χ1v) is 13.0. The third kappa shape index (κ3) is 7.06. The van der Waals surface area contributed by atoms with Gasteiger partial charge in [0.2, 0.25) is 0 Å². The van der Waals surface area contributed by atoms with Gasteiger partial charge in [-0.3, -0.25) is 9.52 Å². The van der Waals surface area contributed by atoms with Crippen molar-refractivity contribution in [3.05, 3.63) is 80.1 Å². The van der Waals surface area contributed by atoms with Gasteiger partial charge in [0.15, 0.2) is 23.3 Å². The second-order valence-electron chi connectivity index (χ2n) is 7.81. The molecular formula is C22H20F4IN5O4S. The van der Waals surface area contributed by atoms with E-state index < -0.39 is 74.5 Å². The molecule has 0 radical (unpaired) electrons. The summed E-state index contributed by atoms with van der Waals surface area (Å²) < 4.78 is 87.7. The molecule has 0 spiro atoms. The molecule has 1 aromatic heterocycles. The van der Waals surface area contributed by atoms with Gasteiger partial charge in [-0.2, -0.15) is 13.1 Å². The van der Waals surface area contributed by atoms with E-state index in [0.29, 0.717) is 3.57 Å². The largest absolute Gasteiger partial charge is 0.392 e. The van der Waals surface area contributed by atoms with Crippen LogP contribution in [0.2, 0.25) is 0 Å². The molecule has 15 heteroatoms. The molecule has 198 valence electrons. The molecule has 3 rings (SSSR count). The highest BCUT2D eigenvalue weighted by molar-refractivity contribution is 14.1. The summed E-state index contributed by atoms with van der Waals surface area (Å²) in [6, 6.07) is 5.88. The van der Waals surface area contributed by atoms with Gasteiger partial charge in [0.05, 0.1) is 23.0 Å². The van der Waals surface area contributed by atoms with Gasteiger partial charge in [-0.1, -0.05) is 0 Å². The summed E-state index contributed by atoms with van der Waals surface area (Å²) in [5.74, 6) is -6.89. The fourth-order valence-corrected chi connectivity index (χ4v) is 4.52. The van der Waals surface area contributed by atoms with E-state index in [1.807, 2.05) is 32.0 Å². The molecule has 37 heavy (non-hydrogen) atoms. The highest BCUT2D eigenvalue weighted by Crippen LogP contribution is 2.32. The van der Waals surface area contributed by atoms with E-state index in [4.69, 9.17) is 5.73 Å². The monoisotopic (exact) mass is 653 g/mol. The topological polar surface area (TPSA) is 146 Å². The maximum Gasteiger partial charge on any atom is 0.300 e. The Labute approximate surface area is 222 Å². The highest BCUT2D eigenvalue weighted by atomic mass is 127. The predicted molar refractivity (Wildman–Crippen MR) is 137 cm³/mol. The van der Waals surface area contributed by atoms with Crippen molar-refractivity contribution in [2.45, 2.75) is 19.4 Å². The number of halogens is 5. The van der Waals surface area contributed by atoms with Gasteiger partial charge >= 0.3 is 0 Å². The van der Waals surface area contributed by atoms with E-state index in [-0.39, 0.29) is 17.8 Å². The van der Waals surface area contributed by atoms with Crippen LogP contribution in [0.4, 0.5) is 34.8 Å². The van der Waals surface area contributed by atoms with E-state index in [2.05, 4.69) is 10.3 Å². The molecule has 0 bridgehead atoms. The number of rotatable bonds is 10.